The largest absolute Gasteiger partial charge is 0.491 e. The van der Waals surface area contributed by atoms with E-state index in [2.05, 4.69) is 15.3 Å². The quantitative estimate of drug-likeness (QED) is 0.785. The molecule has 1 aromatic heterocycles. The number of methoxy groups -OCH3 is 1. The number of benzene rings is 1. The first-order valence-corrected chi connectivity index (χ1v) is 6.52. The van der Waals surface area contributed by atoms with E-state index in [-0.39, 0.29) is 0 Å². The molecule has 0 saturated heterocycles. The van der Waals surface area contributed by atoms with Crippen LogP contribution in [0, 0.1) is 6.92 Å². The Morgan fingerprint density at radius 3 is 2.90 bits per heavy atom. The summed E-state index contributed by atoms with van der Waals surface area (Å²) in [6.07, 6.45) is 1.77. The van der Waals surface area contributed by atoms with Gasteiger partial charge in [0.1, 0.15) is 18.2 Å². The van der Waals surface area contributed by atoms with E-state index < -0.39 is 0 Å². The lowest BCUT2D eigenvalue weighted by molar-refractivity contribution is 0.146. The molecular formula is C15H19N3O2. The van der Waals surface area contributed by atoms with Crippen LogP contribution in [-0.2, 0) is 11.3 Å². The molecule has 1 heterocycles. The molecule has 0 aliphatic rings. The third kappa shape index (κ3) is 4.51. The standard InChI is InChI=1S/C15H19N3O2/c1-12-16-7-6-14(18-12)11-17-13-4-3-5-15(10-13)20-9-8-19-2/h3-7,10,17H,8-9,11H2,1-2H3. The van der Waals surface area contributed by atoms with Crippen LogP contribution in [0.5, 0.6) is 5.75 Å². The molecule has 0 bridgehead atoms. The van der Waals surface area contributed by atoms with Crippen molar-refractivity contribution in [3.8, 4) is 5.75 Å². The Labute approximate surface area is 119 Å². The SMILES string of the molecule is COCCOc1cccc(NCc2ccnc(C)n2)c1. The second kappa shape index (κ2) is 7.45. The third-order valence-electron chi connectivity index (χ3n) is 2.70. The van der Waals surface area contributed by atoms with Crippen LogP contribution in [-0.4, -0.2) is 30.3 Å². The highest BCUT2D eigenvalue weighted by Crippen LogP contribution is 2.17. The van der Waals surface area contributed by atoms with E-state index in [1.165, 1.54) is 0 Å². The Kier molecular flexibility index (Phi) is 5.32. The first-order valence-electron chi connectivity index (χ1n) is 6.52. The van der Waals surface area contributed by atoms with Crippen LogP contribution in [0.3, 0.4) is 0 Å². The van der Waals surface area contributed by atoms with Gasteiger partial charge in [-0.25, -0.2) is 9.97 Å². The van der Waals surface area contributed by atoms with Gasteiger partial charge in [-0.05, 0) is 25.1 Å². The summed E-state index contributed by atoms with van der Waals surface area (Å²) in [6.45, 7) is 3.67. The molecule has 0 amide bonds. The zero-order valence-corrected chi connectivity index (χ0v) is 11.8. The Bertz CT molecular complexity index is 546. The fourth-order valence-corrected chi connectivity index (χ4v) is 1.73. The lowest BCUT2D eigenvalue weighted by Gasteiger charge is -2.09. The maximum atomic E-state index is 5.57. The number of nitrogens with one attached hydrogen (secondary N) is 1. The van der Waals surface area contributed by atoms with Crippen molar-refractivity contribution in [1.82, 2.24) is 9.97 Å². The maximum absolute atomic E-state index is 5.57. The van der Waals surface area contributed by atoms with Crippen LogP contribution < -0.4 is 10.1 Å². The van der Waals surface area contributed by atoms with E-state index >= 15 is 0 Å². The summed E-state index contributed by atoms with van der Waals surface area (Å²) in [5, 5.41) is 3.32. The van der Waals surface area contributed by atoms with Gasteiger partial charge in [-0.3, -0.25) is 0 Å². The van der Waals surface area contributed by atoms with Gasteiger partial charge in [0.25, 0.3) is 0 Å². The van der Waals surface area contributed by atoms with Crippen LogP contribution in [0.4, 0.5) is 5.69 Å². The summed E-state index contributed by atoms with van der Waals surface area (Å²) in [5.41, 5.74) is 1.96. The number of anilines is 1. The number of nitrogens with zero attached hydrogens (tertiary/aromatic N) is 2. The van der Waals surface area contributed by atoms with Gasteiger partial charge in [0.2, 0.25) is 0 Å². The number of hydrogen-bond donors (Lipinski definition) is 1. The van der Waals surface area contributed by atoms with Gasteiger partial charge < -0.3 is 14.8 Å². The monoisotopic (exact) mass is 273 g/mol. The average Bonchev–Trinajstić information content (AvgIpc) is 2.46. The normalized spacial score (nSPS) is 10.3. The van der Waals surface area contributed by atoms with Crippen LogP contribution in [0.25, 0.3) is 0 Å². The predicted molar refractivity (Wildman–Crippen MR) is 77.9 cm³/mol. The van der Waals surface area contributed by atoms with E-state index in [0.29, 0.717) is 19.8 Å². The summed E-state index contributed by atoms with van der Waals surface area (Å²) in [7, 11) is 1.66. The summed E-state index contributed by atoms with van der Waals surface area (Å²) in [6, 6.07) is 9.74. The molecule has 0 spiro atoms. The number of aryl methyl sites for hydroxylation is 1. The first-order chi connectivity index (χ1) is 9.78. The second-order valence-corrected chi connectivity index (χ2v) is 4.32. The lowest BCUT2D eigenvalue weighted by atomic mass is 10.3. The highest BCUT2D eigenvalue weighted by atomic mass is 16.5. The Morgan fingerprint density at radius 1 is 1.20 bits per heavy atom. The summed E-state index contributed by atoms with van der Waals surface area (Å²) >= 11 is 0. The summed E-state index contributed by atoms with van der Waals surface area (Å²) in [5.74, 6) is 1.60. The van der Waals surface area contributed by atoms with E-state index in [1.54, 1.807) is 13.3 Å². The molecule has 20 heavy (non-hydrogen) atoms. The van der Waals surface area contributed by atoms with Crippen LogP contribution >= 0.6 is 0 Å². The molecule has 0 aliphatic heterocycles. The molecule has 0 fully saturated rings. The van der Waals surface area contributed by atoms with Gasteiger partial charge in [-0.15, -0.1) is 0 Å². The van der Waals surface area contributed by atoms with Gasteiger partial charge in [-0.1, -0.05) is 6.07 Å². The molecule has 1 aromatic carbocycles. The molecule has 0 saturated carbocycles. The summed E-state index contributed by atoms with van der Waals surface area (Å²) in [4.78, 5) is 8.43. The first kappa shape index (κ1) is 14.3. The zero-order valence-electron chi connectivity index (χ0n) is 11.8. The van der Waals surface area contributed by atoms with E-state index in [1.807, 2.05) is 37.3 Å². The predicted octanol–water partition coefficient (Wildman–Crippen LogP) is 2.42. The van der Waals surface area contributed by atoms with Crippen LogP contribution in [0.1, 0.15) is 11.5 Å². The van der Waals surface area contributed by atoms with E-state index in [0.717, 1.165) is 23.0 Å². The average molecular weight is 273 g/mol. The van der Waals surface area contributed by atoms with Crippen molar-refractivity contribution in [2.24, 2.45) is 0 Å². The van der Waals surface area contributed by atoms with Crippen molar-refractivity contribution in [3.63, 3.8) is 0 Å². The number of aromatic nitrogens is 2. The van der Waals surface area contributed by atoms with Gasteiger partial charge in [0.05, 0.1) is 18.8 Å². The van der Waals surface area contributed by atoms with Gasteiger partial charge in [0, 0.05) is 25.1 Å². The molecule has 5 nitrogen and oxygen atoms in total. The van der Waals surface area contributed by atoms with Crippen LogP contribution in [0.15, 0.2) is 36.5 Å². The van der Waals surface area contributed by atoms with Gasteiger partial charge >= 0.3 is 0 Å². The van der Waals surface area contributed by atoms with Gasteiger partial charge in [-0.2, -0.15) is 0 Å². The van der Waals surface area contributed by atoms with Gasteiger partial charge in [0.15, 0.2) is 0 Å². The minimum Gasteiger partial charge on any atom is -0.491 e. The Balaban J connectivity index is 1.91. The molecule has 2 rings (SSSR count). The van der Waals surface area contributed by atoms with Crippen molar-refractivity contribution in [2.75, 3.05) is 25.6 Å². The second-order valence-electron chi connectivity index (χ2n) is 4.32. The number of hydrogen-bond acceptors (Lipinski definition) is 5. The van der Waals surface area contributed by atoms with E-state index in [4.69, 9.17) is 9.47 Å². The highest BCUT2D eigenvalue weighted by molar-refractivity contribution is 5.48. The third-order valence-corrected chi connectivity index (χ3v) is 2.70. The Hall–Kier alpha value is -2.14. The fourth-order valence-electron chi connectivity index (χ4n) is 1.73. The zero-order chi connectivity index (χ0) is 14.2. The smallest absolute Gasteiger partial charge is 0.125 e. The molecule has 106 valence electrons. The topological polar surface area (TPSA) is 56.3 Å². The van der Waals surface area contributed by atoms with Crippen LogP contribution in [0.2, 0.25) is 0 Å². The maximum Gasteiger partial charge on any atom is 0.125 e. The van der Waals surface area contributed by atoms with Crippen molar-refractivity contribution in [2.45, 2.75) is 13.5 Å². The van der Waals surface area contributed by atoms with Crippen molar-refractivity contribution < 1.29 is 9.47 Å². The molecule has 0 aliphatic carbocycles. The number of ether oxygens (including phenoxy) is 2. The Morgan fingerprint density at radius 2 is 2.10 bits per heavy atom. The molecular weight excluding hydrogens is 254 g/mol. The van der Waals surface area contributed by atoms with Crippen molar-refractivity contribution in [3.05, 3.63) is 48.0 Å². The molecule has 0 atom stereocenters. The molecule has 2 aromatic rings. The van der Waals surface area contributed by atoms with Crippen molar-refractivity contribution in [1.29, 1.82) is 0 Å². The summed E-state index contributed by atoms with van der Waals surface area (Å²) < 4.78 is 10.5. The number of rotatable bonds is 7. The molecule has 0 unspecified atom stereocenters. The minimum absolute atomic E-state index is 0.547. The fraction of sp³-hybridized carbons (Fsp3) is 0.333. The highest BCUT2D eigenvalue weighted by Gasteiger charge is 1.99. The van der Waals surface area contributed by atoms with E-state index in [9.17, 15) is 0 Å². The molecule has 5 heteroatoms. The van der Waals surface area contributed by atoms with Crippen molar-refractivity contribution >= 4 is 5.69 Å². The minimum atomic E-state index is 0.547. The molecule has 1 N–H and O–H groups in total. The lowest BCUT2D eigenvalue weighted by Crippen LogP contribution is -2.05. The molecule has 0 radical (unpaired) electrons.